The number of rotatable bonds is 7. The van der Waals surface area contributed by atoms with Crippen molar-refractivity contribution in [3.05, 3.63) is 17.9 Å². The van der Waals surface area contributed by atoms with Crippen molar-refractivity contribution in [1.82, 2.24) is 4.72 Å². The van der Waals surface area contributed by atoms with E-state index < -0.39 is 10.0 Å². The van der Waals surface area contributed by atoms with Crippen LogP contribution in [-0.4, -0.2) is 20.1 Å². The molecule has 5 nitrogen and oxygen atoms in total. The van der Waals surface area contributed by atoms with Crippen molar-refractivity contribution in [1.29, 1.82) is 0 Å². The summed E-state index contributed by atoms with van der Waals surface area (Å²) in [6.07, 6.45) is 5.53. The second kappa shape index (κ2) is 6.50. The summed E-state index contributed by atoms with van der Waals surface area (Å²) in [7, 11) is -3.64. The molecule has 1 aliphatic rings. The lowest BCUT2D eigenvalue weighted by Gasteiger charge is -2.30. The fourth-order valence-corrected chi connectivity index (χ4v) is 4.45. The number of sulfonamides is 1. The molecule has 0 unspecified atom stereocenters. The highest BCUT2D eigenvalue weighted by molar-refractivity contribution is 7.89. The van der Waals surface area contributed by atoms with Gasteiger partial charge >= 0.3 is 0 Å². The number of aliphatic hydroxyl groups excluding tert-OH is 1. The van der Waals surface area contributed by atoms with Crippen LogP contribution in [0.2, 0.25) is 0 Å². The van der Waals surface area contributed by atoms with E-state index in [1.165, 1.54) is 25.0 Å². The SMILES string of the molecule is CC(C)CC1(CNS(=O)(=O)c2ccc(CO)o2)CCCC1. The van der Waals surface area contributed by atoms with E-state index in [1.54, 1.807) is 0 Å². The Kier molecular flexibility index (Phi) is 5.11. The van der Waals surface area contributed by atoms with Crippen LogP contribution in [0.15, 0.2) is 21.6 Å². The molecule has 1 heterocycles. The van der Waals surface area contributed by atoms with Crippen molar-refractivity contribution >= 4 is 10.0 Å². The number of hydrogen-bond donors (Lipinski definition) is 2. The number of aliphatic hydroxyl groups is 1. The van der Waals surface area contributed by atoms with E-state index in [0.29, 0.717) is 12.5 Å². The molecule has 0 amide bonds. The highest BCUT2D eigenvalue weighted by Gasteiger charge is 2.35. The first-order valence-electron chi connectivity index (χ1n) is 7.56. The Bertz CT molecular complexity index is 556. The van der Waals surface area contributed by atoms with Gasteiger partial charge in [-0.3, -0.25) is 0 Å². The maximum atomic E-state index is 12.3. The molecule has 120 valence electrons. The van der Waals surface area contributed by atoms with Crippen molar-refractivity contribution in [3.63, 3.8) is 0 Å². The van der Waals surface area contributed by atoms with Gasteiger partial charge in [0.1, 0.15) is 12.4 Å². The second-order valence-corrected chi connectivity index (χ2v) is 8.21. The van der Waals surface area contributed by atoms with E-state index in [2.05, 4.69) is 18.6 Å². The van der Waals surface area contributed by atoms with E-state index in [4.69, 9.17) is 9.52 Å². The maximum absolute atomic E-state index is 12.3. The molecule has 0 bridgehead atoms. The Balaban J connectivity index is 2.05. The van der Waals surface area contributed by atoms with E-state index in [1.807, 2.05) is 0 Å². The molecule has 2 rings (SSSR count). The molecular formula is C15H25NO4S. The van der Waals surface area contributed by atoms with Gasteiger partial charge in [0.05, 0.1) is 0 Å². The lowest BCUT2D eigenvalue weighted by molar-refractivity contribution is 0.231. The Hall–Kier alpha value is -0.850. The first-order chi connectivity index (χ1) is 9.87. The smallest absolute Gasteiger partial charge is 0.273 e. The first kappa shape index (κ1) is 16.5. The third-order valence-electron chi connectivity index (χ3n) is 4.20. The maximum Gasteiger partial charge on any atom is 0.273 e. The first-order valence-corrected chi connectivity index (χ1v) is 9.04. The molecular weight excluding hydrogens is 290 g/mol. The molecule has 21 heavy (non-hydrogen) atoms. The molecule has 0 radical (unpaired) electrons. The van der Waals surface area contributed by atoms with Gasteiger partial charge in [-0.15, -0.1) is 0 Å². The van der Waals surface area contributed by atoms with Crippen molar-refractivity contribution in [2.45, 2.75) is 57.7 Å². The molecule has 1 aromatic heterocycles. The minimum Gasteiger partial charge on any atom is -0.446 e. The van der Waals surface area contributed by atoms with E-state index in [-0.39, 0.29) is 22.9 Å². The van der Waals surface area contributed by atoms with E-state index in [0.717, 1.165) is 19.3 Å². The molecule has 0 atom stereocenters. The highest BCUT2D eigenvalue weighted by Crippen LogP contribution is 2.42. The van der Waals surface area contributed by atoms with Crippen molar-refractivity contribution in [2.24, 2.45) is 11.3 Å². The minimum atomic E-state index is -3.64. The standard InChI is InChI=1S/C15H25NO4S/c1-12(2)9-15(7-3-4-8-15)11-16-21(18,19)14-6-5-13(10-17)20-14/h5-6,12,16-17H,3-4,7-11H2,1-2H3. The Morgan fingerprint density at radius 1 is 1.33 bits per heavy atom. The Morgan fingerprint density at radius 2 is 2.00 bits per heavy atom. The zero-order valence-corrected chi connectivity index (χ0v) is 13.6. The normalized spacial score (nSPS) is 18.5. The van der Waals surface area contributed by atoms with Gasteiger partial charge in [0, 0.05) is 6.54 Å². The summed E-state index contributed by atoms with van der Waals surface area (Å²) in [4.78, 5) is 0. The van der Waals surface area contributed by atoms with Gasteiger partial charge in [-0.2, -0.15) is 0 Å². The van der Waals surface area contributed by atoms with Gasteiger partial charge in [0.25, 0.3) is 10.0 Å². The van der Waals surface area contributed by atoms with Crippen molar-refractivity contribution in [3.8, 4) is 0 Å². The lowest BCUT2D eigenvalue weighted by atomic mass is 9.79. The average Bonchev–Trinajstić information content (AvgIpc) is 3.05. The molecule has 1 aliphatic carbocycles. The van der Waals surface area contributed by atoms with Crippen molar-refractivity contribution < 1.29 is 17.9 Å². The van der Waals surface area contributed by atoms with Crippen LogP contribution in [-0.2, 0) is 16.6 Å². The number of nitrogens with one attached hydrogen (secondary N) is 1. The predicted octanol–water partition coefficient (Wildman–Crippen LogP) is 2.66. The van der Waals surface area contributed by atoms with Gasteiger partial charge in [0.15, 0.2) is 0 Å². The molecule has 0 saturated heterocycles. The molecule has 0 aromatic carbocycles. The van der Waals surface area contributed by atoms with Crippen LogP contribution < -0.4 is 4.72 Å². The zero-order valence-electron chi connectivity index (χ0n) is 12.8. The largest absolute Gasteiger partial charge is 0.446 e. The minimum absolute atomic E-state index is 0.0770. The summed E-state index contributed by atoms with van der Waals surface area (Å²) in [6, 6.07) is 2.87. The molecule has 1 fully saturated rings. The quantitative estimate of drug-likeness (QED) is 0.810. The summed E-state index contributed by atoms with van der Waals surface area (Å²) in [5.41, 5.74) is 0.0770. The van der Waals surface area contributed by atoms with Gasteiger partial charge in [-0.1, -0.05) is 26.7 Å². The Morgan fingerprint density at radius 3 is 2.52 bits per heavy atom. The molecule has 2 N–H and O–H groups in total. The summed E-state index contributed by atoms with van der Waals surface area (Å²) < 4.78 is 32.3. The van der Waals surface area contributed by atoms with Crippen LogP contribution in [0.4, 0.5) is 0 Å². The summed E-state index contributed by atoms with van der Waals surface area (Å²) in [5, 5.41) is 8.83. The number of hydrogen-bond acceptors (Lipinski definition) is 4. The number of furan rings is 1. The lowest BCUT2D eigenvalue weighted by Crippen LogP contribution is -2.36. The van der Waals surface area contributed by atoms with Crippen LogP contribution >= 0.6 is 0 Å². The van der Waals surface area contributed by atoms with Gasteiger partial charge in [-0.05, 0) is 42.7 Å². The van der Waals surface area contributed by atoms with Gasteiger partial charge in [0.2, 0.25) is 5.09 Å². The van der Waals surface area contributed by atoms with E-state index in [9.17, 15) is 8.42 Å². The zero-order chi connectivity index (χ0) is 15.5. The molecule has 0 aliphatic heterocycles. The Labute approximate surface area is 126 Å². The van der Waals surface area contributed by atoms with Crippen LogP contribution in [0, 0.1) is 11.3 Å². The fourth-order valence-electron chi connectivity index (χ4n) is 3.35. The van der Waals surface area contributed by atoms with E-state index >= 15 is 0 Å². The van der Waals surface area contributed by atoms with Crippen LogP contribution in [0.1, 0.15) is 51.7 Å². The molecule has 0 spiro atoms. The monoisotopic (exact) mass is 315 g/mol. The topological polar surface area (TPSA) is 79.5 Å². The highest BCUT2D eigenvalue weighted by atomic mass is 32.2. The summed E-state index contributed by atoms with van der Waals surface area (Å²) >= 11 is 0. The predicted molar refractivity (Wildman–Crippen MR) is 80.2 cm³/mol. The third kappa shape index (κ3) is 4.08. The third-order valence-corrected chi connectivity index (χ3v) is 5.47. The second-order valence-electron chi connectivity index (χ2n) is 6.51. The van der Waals surface area contributed by atoms with Crippen LogP contribution in [0.25, 0.3) is 0 Å². The molecule has 6 heteroatoms. The average molecular weight is 315 g/mol. The van der Waals surface area contributed by atoms with Gasteiger partial charge in [-0.25, -0.2) is 13.1 Å². The molecule has 1 saturated carbocycles. The van der Waals surface area contributed by atoms with Gasteiger partial charge < -0.3 is 9.52 Å². The van der Waals surface area contributed by atoms with Crippen LogP contribution in [0.3, 0.4) is 0 Å². The fraction of sp³-hybridized carbons (Fsp3) is 0.733. The van der Waals surface area contributed by atoms with Crippen LogP contribution in [0.5, 0.6) is 0 Å². The summed E-state index contributed by atoms with van der Waals surface area (Å²) in [5.74, 6) is 0.811. The van der Waals surface area contributed by atoms with Crippen molar-refractivity contribution in [2.75, 3.05) is 6.54 Å². The molecule has 1 aromatic rings. The summed E-state index contributed by atoms with van der Waals surface area (Å²) in [6.45, 7) is 4.51.